The van der Waals surface area contributed by atoms with Crippen LogP contribution in [0.15, 0.2) is 60.7 Å². The van der Waals surface area contributed by atoms with Crippen molar-refractivity contribution in [2.24, 2.45) is 0 Å². The van der Waals surface area contributed by atoms with Gasteiger partial charge in [0.2, 0.25) is 0 Å². The molecule has 2 aliphatic rings. The maximum absolute atomic E-state index is 12.8. The zero-order chi connectivity index (χ0) is 30.3. The van der Waals surface area contributed by atoms with Crippen LogP contribution in [-0.4, -0.2) is 80.4 Å². The Balaban J connectivity index is 0.000000220. The van der Waals surface area contributed by atoms with Crippen LogP contribution in [0.5, 0.6) is 5.88 Å². The number of fused-ring (bicyclic) bond motifs is 1. The molecule has 0 aliphatic carbocycles. The SMILES string of the molecule is COc1nc2ccccc2nc1NC(=O)N1CCN(c2cc(C)cc(C)c2)CC1.Cc1cc(C)cc(N2CCNCC2)c1. The summed E-state index contributed by atoms with van der Waals surface area (Å²) in [4.78, 5) is 28.3. The van der Waals surface area contributed by atoms with Crippen molar-refractivity contribution in [3.8, 4) is 5.88 Å². The lowest BCUT2D eigenvalue weighted by Gasteiger charge is -2.36. The van der Waals surface area contributed by atoms with Gasteiger partial charge in [-0.3, -0.25) is 5.32 Å². The van der Waals surface area contributed by atoms with Crippen LogP contribution in [0.3, 0.4) is 0 Å². The number of carbonyl (C=O) groups is 1. The average Bonchev–Trinajstić information content (AvgIpc) is 3.00. The Hall–Kier alpha value is -4.37. The highest BCUT2D eigenvalue weighted by Crippen LogP contribution is 2.25. The lowest BCUT2D eigenvalue weighted by atomic mass is 10.1. The van der Waals surface area contributed by atoms with E-state index in [0.717, 1.165) is 44.8 Å². The van der Waals surface area contributed by atoms with Crippen LogP contribution in [0.4, 0.5) is 22.0 Å². The Labute approximate surface area is 254 Å². The Morgan fingerprint density at radius 1 is 0.721 bits per heavy atom. The first-order valence-corrected chi connectivity index (χ1v) is 15.0. The number of nitrogens with zero attached hydrogens (tertiary/aromatic N) is 5. The Kier molecular flexibility index (Phi) is 9.61. The lowest BCUT2D eigenvalue weighted by molar-refractivity contribution is 0.208. The maximum atomic E-state index is 12.8. The smallest absolute Gasteiger partial charge is 0.323 e. The van der Waals surface area contributed by atoms with Crippen LogP contribution in [0.1, 0.15) is 22.3 Å². The number of ether oxygens (including phenoxy) is 1. The molecule has 9 nitrogen and oxygen atoms in total. The van der Waals surface area contributed by atoms with E-state index >= 15 is 0 Å². The molecule has 0 bridgehead atoms. The van der Waals surface area contributed by atoms with Gasteiger partial charge in [0.1, 0.15) is 0 Å². The molecule has 2 aliphatic heterocycles. The number of piperazine rings is 2. The standard InChI is InChI=1S/C22H25N5O2.C12H18N2/c1-15-12-16(2)14-17(13-15)26-8-10-27(11-9-26)22(28)25-20-21(29-3)24-19-7-5-4-6-18(19)23-20;1-10-7-11(2)9-12(8-10)14-5-3-13-4-6-14/h4-7,12-14H,8-11H2,1-3H3,(H,23,25,28);7-9,13H,3-6H2,1-2H3. The molecule has 0 unspecified atom stereocenters. The zero-order valence-corrected chi connectivity index (χ0v) is 26.0. The molecule has 2 fully saturated rings. The molecule has 43 heavy (non-hydrogen) atoms. The van der Waals surface area contributed by atoms with E-state index < -0.39 is 0 Å². The van der Waals surface area contributed by atoms with E-state index in [1.165, 1.54) is 40.7 Å². The summed E-state index contributed by atoms with van der Waals surface area (Å²) in [5.74, 6) is 0.652. The number of benzene rings is 3. The first-order chi connectivity index (χ1) is 20.8. The van der Waals surface area contributed by atoms with Crippen molar-refractivity contribution in [2.45, 2.75) is 27.7 Å². The third-order valence-electron chi connectivity index (χ3n) is 7.78. The first-order valence-electron chi connectivity index (χ1n) is 15.0. The zero-order valence-electron chi connectivity index (χ0n) is 26.0. The number of rotatable bonds is 4. The number of anilines is 3. The highest BCUT2D eigenvalue weighted by molar-refractivity contribution is 5.91. The van der Waals surface area contributed by atoms with Gasteiger partial charge in [-0.15, -0.1) is 0 Å². The van der Waals surface area contributed by atoms with E-state index in [1.807, 2.05) is 24.3 Å². The van der Waals surface area contributed by atoms with E-state index in [1.54, 1.807) is 4.90 Å². The number of para-hydroxylation sites is 2. The molecule has 6 rings (SSSR count). The fraction of sp³-hybridized carbons (Fsp3) is 0.382. The molecule has 2 amide bonds. The summed E-state index contributed by atoms with van der Waals surface area (Å²) in [6.07, 6.45) is 0. The van der Waals surface area contributed by atoms with Gasteiger partial charge in [0.15, 0.2) is 5.82 Å². The topological polar surface area (TPSA) is 85.9 Å². The molecule has 4 aromatic rings. The predicted octanol–water partition coefficient (Wildman–Crippen LogP) is 5.32. The molecule has 9 heteroatoms. The fourth-order valence-electron chi connectivity index (χ4n) is 5.75. The Morgan fingerprint density at radius 3 is 1.72 bits per heavy atom. The minimum Gasteiger partial charge on any atom is -0.478 e. The average molecular weight is 582 g/mol. The minimum atomic E-state index is -0.187. The summed E-state index contributed by atoms with van der Waals surface area (Å²) < 4.78 is 5.32. The molecule has 2 saturated heterocycles. The fourth-order valence-corrected chi connectivity index (χ4v) is 5.75. The molecule has 0 saturated carbocycles. The van der Waals surface area contributed by atoms with Crippen LogP contribution in [0.25, 0.3) is 11.0 Å². The summed E-state index contributed by atoms with van der Waals surface area (Å²) in [6.45, 7) is 15.9. The van der Waals surface area contributed by atoms with Crippen LogP contribution < -0.4 is 25.2 Å². The summed E-state index contributed by atoms with van der Waals surface area (Å²) >= 11 is 0. The van der Waals surface area contributed by atoms with Crippen molar-refractivity contribution in [1.29, 1.82) is 0 Å². The molecule has 2 N–H and O–H groups in total. The molecule has 0 atom stereocenters. The van der Waals surface area contributed by atoms with Gasteiger partial charge in [-0.05, 0) is 86.3 Å². The summed E-state index contributed by atoms with van der Waals surface area (Å²) in [6, 6.07) is 20.7. The third-order valence-corrected chi connectivity index (χ3v) is 7.78. The number of carbonyl (C=O) groups excluding carboxylic acids is 1. The highest BCUT2D eigenvalue weighted by atomic mass is 16.5. The normalized spacial score (nSPS) is 15.1. The first kappa shape index (κ1) is 30.1. The number of hydrogen-bond acceptors (Lipinski definition) is 7. The van der Waals surface area contributed by atoms with Crippen molar-refractivity contribution >= 4 is 34.3 Å². The Bertz CT molecular complexity index is 1520. The summed E-state index contributed by atoms with van der Waals surface area (Å²) in [5.41, 5.74) is 9.25. The summed E-state index contributed by atoms with van der Waals surface area (Å²) in [5, 5.41) is 6.24. The molecule has 0 radical (unpaired) electrons. The van der Waals surface area contributed by atoms with E-state index in [-0.39, 0.29) is 6.03 Å². The number of hydrogen-bond donors (Lipinski definition) is 2. The maximum Gasteiger partial charge on any atom is 0.323 e. The second kappa shape index (κ2) is 13.7. The van der Waals surface area contributed by atoms with Crippen LogP contribution in [0, 0.1) is 27.7 Å². The van der Waals surface area contributed by atoms with Crippen molar-refractivity contribution in [3.05, 3.63) is 82.9 Å². The quantitative estimate of drug-likeness (QED) is 0.337. The largest absolute Gasteiger partial charge is 0.478 e. The second-order valence-corrected chi connectivity index (χ2v) is 11.4. The number of urea groups is 1. The monoisotopic (exact) mass is 581 g/mol. The molecule has 1 aromatic heterocycles. The molecule has 3 heterocycles. The van der Waals surface area contributed by atoms with E-state index in [9.17, 15) is 4.79 Å². The van der Waals surface area contributed by atoms with Gasteiger partial charge in [0.25, 0.3) is 5.88 Å². The van der Waals surface area contributed by atoms with Gasteiger partial charge in [-0.1, -0.05) is 24.3 Å². The highest BCUT2D eigenvalue weighted by Gasteiger charge is 2.23. The number of nitrogens with one attached hydrogen (secondary N) is 2. The van der Waals surface area contributed by atoms with Crippen molar-refractivity contribution in [1.82, 2.24) is 20.2 Å². The van der Waals surface area contributed by atoms with Gasteiger partial charge in [-0.25, -0.2) is 14.8 Å². The van der Waals surface area contributed by atoms with Gasteiger partial charge in [0.05, 0.1) is 18.1 Å². The molecular formula is C34H43N7O2. The van der Waals surface area contributed by atoms with E-state index in [0.29, 0.717) is 30.3 Å². The predicted molar refractivity (Wildman–Crippen MR) is 176 cm³/mol. The minimum absolute atomic E-state index is 0.187. The number of aryl methyl sites for hydroxylation is 4. The van der Waals surface area contributed by atoms with Crippen LogP contribution in [-0.2, 0) is 0 Å². The van der Waals surface area contributed by atoms with Gasteiger partial charge < -0.3 is 24.8 Å². The van der Waals surface area contributed by atoms with Crippen molar-refractivity contribution in [3.63, 3.8) is 0 Å². The molecule has 0 spiro atoms. The van der Waals surface area contributed by atoms with Gasteiger partial charge in [0, 0.05) is 63.7 Å². The summed E-state index contributed by atoms with van der Waals surface area (Å²) in [7, 11) is 1.52. The Morgan fingerprint density at radius 2 is 1.21 bits per heavy atom. The lowest BCUT2D eigenvalue weighted by Crippen LogP contribution is -2.50. The molecule has 226 valence electrons. The van der Waals surface area contributed by atoms with Gasteiger partial charge >= 0.3 is 6.03 Å². The van der Waals surface area contributed by atoms with Crippen LogP contribution in [0.2, 0.25) is 0 Å². The van der Waals surface area contributed by atoms with E-state index in [2.05, 4.69) is 94.5 Å². The van der Waals surface area contributed by atoms with Gasteiger partial charge in [-0.2, -0.15) is 0 Å². The number of aromatic nitrogens is 2. The number of methoxy groups -OCH3 is 1. The van der Waals surface area contributed by atoms with Crippen LogP contribution >= 0.6 is 0 Å². The second-order valence-electron chi connectivity index (χ2n) is 11.4. The van der Waals surface area contributed by atoms with E-state index in [4.69, 9.17) is 4.74 Å². The van der Waals surface area contributed by atoms with Crippen molar-refractivity contribution in [2.75, 3.05) is 74.6 Å². The third kappa shape index (κ3) is 7.73. The van der Waals surface area contributed by atoms with Crippen molar-refractivity contribution < 1.29 is 9.53 Å². The molecular weight excluding hydrogens is 538 g/mol. The molecule has 3 aromatic carbocycles. The number of amides is 2.